The fourth-order valence-electron chi connectivity index (χ4n) is 1.75. The molecule has 0 aliphatic rings. The van der Waals surface area contributed by atoms with Crippen LogP contribution < -0.4 is 5.73 Å². The standard InChI is InChI=1S/C14H26N2S/c1-5-12-6-7-13(17-12)10-16(4)9-8-14(15)11(2)3/h6-7,11,14H,5,8-10,15H2,1-4H3. The van der Waals surface area contributed by atoms with Gasteiger partial charge in [-0.25, -0.2) is 0 Å². The molecular weight excluding hydrogens is 228 g/mol. The van der Waals surface area contributed by atoms with Crippen molar-refractivity contribution in [3.8, 4) is 0 Å². The molecule has 1 unspecified atom stereocenters. The molecule has 1 heterocycles. The number of aryl methyl sites for hydroxylation is 1. The lowest BCUT2D eigenvalue weighted by Crippen LogP contribution is -2.31. The summed E-state index contributed by atoms with van der Waals surface area (Å²) in [6, 6.07) is 4.82. The number of thiophene rings is 1. The summed E-state index contributed by atoms with van der Waals surface area (Å²) in [6.07, 6.45) is 2.23. The van der Waals surface area contributed by atoms with Crippen LogP contribution in [0.1, 0.15) is 36.9 Å². The fourth-order valence-corrected chi connectivity index (χ4v) is 2.78. The molecule has 0 radical (unpaired) electrons. The topological polar surface area (TPSA) is 29.3 Å². The Balaban J connectivity index is 2.31. The van der Waals surface area contributed by atoms with Gasteiger partial charge in [0.05, 0.1) is 0 Å². The first-order valence-corrected chi connectivity index (χ1v) is 7.36. The average Bonchev–Trinajstić information content (AvgIpc) is 2.73. The summed E-state index contributed by atoms with van der Waals surface area (Å²) in [4.78, 5) is 5.31. The van der Waals surface area contributed by atoms with E-state index in [-0.39, 0.29) is 0 Å². The van der Waals surface area contributed by atoms with E-state index < -0.39 is 0 Å². The predicted molar refractivity (Wildman–Crippen MR) is 77.5 cm³/mol. The first kappa shape index (κ1) is 14.7. The highest BCUT2D eigenvalue weighted by Gasteiger charge is 2.09. The van der Waals surface area contributed by atoms with Crippen LogP contribution in [0.25, 0.3) is 0 Å². The highest BCUT2D eigenvalue weighted by Crippen LogP contribution is 2.18. The Morgan fingerprint density at radius 1 is 1.29 bits per heavy atom. The van der Waals surface area contributed by atoms with Gasteiger partial charge < -0.3 is 10.6 Å². The van der Waals surface area contributed by atoms with Crippen molar-refractivity contribution in [2.45, 2.75) is 46.2 Å². The summed E-state index contributed by atoms with van der Waals surface area (Å²) in [5, 5.41) is 0. The van der Waals surface area contributed by atoms with Crippen LogP contribution in [-0.4, -0.2) is 24.5 Å². The molecule has 0 saturated carbocycles. The van der Waals surface area contributed by atoms with Crippen LogP contribution in [0.3, 0.4) is 0 Å². The summed E-state index contributed by atoms with van der Waals surface area (Å²) in [6.45, 7) is 8.73. The fraction of sp³-hybridized carbons (Fsp3) is 0.714. The quantitative estimate of drug-likeness (QED) is 0.810. The van der Waals surface area contributed by atoms with Crippen LogP contribution in [-0.2, 0) is 13.0 Å². The lowest BCUT2D eigenvalue weighted by molar-refractivity contribution is 0.298. The predicted octanol–water partition coefficient (Wildman–Crippen LogP) is 3.12. The maximum atomic E-state index is 6.06. The number of hydrogen-bond acceptors (Lipinski definition) is 3. The Kier molecular flexibility index (Phi) is 6.17. The first-order chi connectivity index (χ1) is 8.02. The van der Waals surface area contributed by atoms with E-state index >= 15 is 0 Å². The molecule has 0 amide bonds. The summed E-state index contributed by atoms with van der Waals surface area (Å²) in [5.41, 5.74) is 6.06. The maximum Gasteiger partial charge on any atom is 0.0324 e. The van der Waals surface area contributed by atoms with Gasteiger partial charge in [0.15, 0.2) is 0 Å². The van der Waals surface area contributed by atoms with E-state index in [2.05, 4.69) is 44.9 Å². The zero-order valence-corrected chi connectivity index (χ0v) is 12.4. The Morgan fingerprint density at radius 3 is 2.47 bits per heavy atom. The van der Waals surface area contributed by atoms with Crippen molar-refractivity contribution in [1.82, 2.24) is 4.90 Å². The van der Waals surface area contributed by atoms with Gasteiger partial charge in [-0.3, -0.25) is 0 Å². The molecule has 0 spiro atoms. The lowest BCUT2D eigenvalue weighted by Gasteiger charge is -2.20. The van der Waals surface area contributed by atoms with Crippen LogP contribution in [0.5, 0.6) is 0 Å². The Morgan fingerprint density at radius 2 is 1.94 bits per heavy atom. The molecule has 0 aromatic carbocycles. The molecular formula is C14H26N2S. The van der Waals surface area contributed by atoms with Gasteiger partial charge in [0.1, 0.15) is 0 Å². The molecule has 2 N–H and O–H groups in total. The molecule has 98 valence electrons. The van der Waals surface area contributed by atoms with Crippen LogP contribution in [0.4, 0.5) is 0 Å². The molecule has 1 aromatic heterocycles. The van der Waals surface area contributed by atoms with Crippen molar-refractivity contribution in [2.75, 3.05) is 13.6 Å². The largest absolute Gasteiger partial charge is 0.327 e. The maximum absolute atomic E-state index is 6.06. The van der Waals surface area contributed by atoms with Crippen molar-refractivity contribution >= 4 is 11.3 Å². The van der Waals surface area contributed by atoms with Gasteiger partial charge >= 0.3 is 0 Å². The molecule has 3 heteroatoms. The summed E-state index contributed by atoms with van der Waals surface area (Å²) in [5.74, 6) is 0.580. The van der Waals surface area contributed by atoms with E-state index in [1.54, 1.807) is 0 Å². The lowest BCUT2D eigenvalue weighted by atomic mass is 10.0. The smallest absolute Gasteiger partial charge is 0.0324 e. The number of rotatable bonds is 7. The third kappa shape index (κ3) is 5.19. The van der Waals surface area contributed by atoms with Crippen molar-refractivity contribution in [2.24, 2.45) is 11.7 Å². The second kappa shape index (κ2) is 7.14. The summed E-state index contributed by atoms with van der Waals surface area (Å²) in [7, 11) is 2.18. The zero-order valence-electron chi connectivity index (χ0n) is 11.6. The third-order valence-corrected chi connectivity index (χ3v) is 4.41. The SMILES string of the molecule is CCc1ccc(CN(C)CCC(N)C(C)C)s1. The zero-order chi connectivity index (χ0) is 12.8. The molecule has 0 saturated heterocycles. The Hall–Kier alpha value is -0.380. The van der Waals surface area contributed by atoms with Gasteiger partial charge in [0.25, 0.3) is 0 Å². The number of nitrogens with two attached hydrogens (primary N) is 1. The second-order valence-electron chi connectivity index (χ2n) is 5.16. The summed E-state index contributed by atoms with van der Waals surface area (Å²) >= 11 is 1.93. The molecule has 0 aliphatic heterocycles. The first-order valence-electron chi connectivity index (χ1n) is 6.54. The average molecular weight is 254 g/mol. The molecule has 0 aliphatic carbocycles. The molecule has 0 bridgehead atoms. The van der Waals surface area contributed by atoms with E-state index in [0.29, 0.717) is 12.0 Å². The number of hydrogen-bond donors (Lipinski definition) is 1. The van der Waals surface area contributed by atoms with Gasteiger partial charge in [0, 0.05) is 22.3 Å². The highest BCUT2D eigenvalue weighted by atomic mass is 32.1. The van der Waals surface area contributed by atoms with Crippen molar-refractivity contribution in [3.63, 3.8) is 0 Å². The minimum atomic E-state index is 0.326. The van der Waals surface area contributed by atoms with Crippen LogP contribution in [0.15, 0.2) is 12.1 Å². The van der Waals surface area contributed by atoms with E-state index in [1.807, 2.05) is 11.3 Å². The van der Waals surface area contributed by atoms with Gasteiger partial charge in [0.2, 0.25) is 0 Å². The molecule has 1 atom stereocenters. The van der Waals surface area contributed by atoms with Crippen LogP contribution >= 0.6 is 11.3 Å². The number of nitrogens with zero attached hydrogens (tertiary/aromatic N) is 1. The second-order valence-corrected chi connectivity index (χ2v) is 6.41. The van der Waals surface area contributed by atoms with E-state index in [4.69, 9.17) is 5.73 Å². The van der Waals surface area contributed by atoms with E-state index in [9.17, 15) is 0 Å². The van der Waals surface area contributed by atoms with Crippen LogP contribution in [0.2, 0.25) is 0 Å². The van der Waals surface area contributed by atoms with Gasteiger partial charge in [-0.05, 0) is 44.5 Å². The van der Waals surface area contributed by atoms with Crippen LogP contribution in [0, 0.1) is 5.92 Å². The Bertz CT molecular complexity index is 320. The summed E-state index contributed by atoms with van der Waals surface area (Å²) < 4.78 is 0. The van der Waals surface area contributed by atoms with Crippen molar-refractivity contribution in [1.29, 1.82) is 0 Å². The monoisotopic (exact) mass is 254 g/mol. The van der Waals surface area contributed by atoms with Gasteiger partial charge in [-0.2, -0.15) is 0 Å². The Labute approximate surface area is 110 Å². The van der Waals surface area contributed by atoms with Gasteiger partial charge in [-0.15, -0.1) is 11.3 Å². The van der Waals surface area contributed by atoms with E-state index in [0.717, 1.165) is 25.9 Å². The molecule has 2 nitrogen and oxygen atoms in total. The molecule has 0 fully saturated rings. The highest BCUT2D eigenvalue weighted by molar-refractivity contribution is 7.11. The molecule has 17 heavy (non-hydrogen) atoms. The molecule has 1 rings (SSSR count). The van der Waals surface area contributed by atoms with Gasteiger partial charge in [-0.1, -0.05) is 20.8 Å². The molecule has 1 aromatic rings. The minimum Gasteiger partial charge on any atom is -0.327 e. The third-order valence-electron chi connectivity index (χ3n) is 3.19. The van der Waals surface area contributed by atoms with Crippen molar-refractivity contribution in [3.05, 3.63) is 21.9 Å². The normalized spacial score (nSPS) is 13.6. The minimum absolute atomic E-state index is 0.326. The van der Waals surface area contributed by atoms with E-state index in [1.165, 1.54) is 9.75 Å². The van der Waals surface area contributed by atoms with Crippen molar-refractivity contribution < 1.29 is 0 Å².